The number of quaternary nitrogens is 2. The molecule has 1 fully saturated rings. The summed E-state index contributed by atoms with van der Waals surface area (Å²) in [4.78, 5) is 24.4. The molecule has 14 nitrogen and oxygen atoms in total. The fourth-order valence-electron chi connectivity index (χ4n) is 3.18. The van der Waals surface area contributed by atoms with E-state index >= 15 is 0 Å². The lowest BCUT2D eigenvalue weighted by Crippen LogP contribution is -2.99. The van der Waals surface area contributed by atoms with Gasteiger partial charge in [-0.25, -0.2) is 27.3 Å². The summed E-state index contributed by atoms with van der Waals surface area (Å²) in [5.41, 5.74) is -0.313. The standard InChI is InChI=1S/C18H20N4O10S2/c23-15-9-19(33(29,30)17-5-1-13(2-6-17)21(25)26)10-16(24)12-20(11-15)34(31,32)18-7-3-14(4-8-18)22(27)28/h1-8,21-22,25,27H,9-12H2. The summed E-state index contributed by atoms with van der Waals surface area (Å²) in [5.74, 6) is -1.60. The zero-order valence-electron chi connectivity index (χ0n) is 17.3. The van der Waals surface area contributed by atoms with E-state index in [-0.39, 0.29) is 21.2 Å². The maximum absolute atomic E-state index is 12.9. The van der Waals surface area contributed by atoms with Crippen molar-refractivity contribution in [2.24, 2.45) is 0 Å². The summed E-state index contributed by atoms with van der Waals surface area (Å²) in [6.07, 6.45) is 0. The molecule has 2 aromatic rings. The van der Waals surface area contributed by atoms with Crippen molar-refractivity contribution in [2.75, 3.05) is 26.2 Å². The number of benzene rings is 2. The number of carbonyl (C=O) groups is 2. The first-order valence-corrected chi connectivity index (χ1v) is 12.4. The molecule has 1 aliphatic heterocycles. The van der Waals surface area contributed by atoms with E-state index in [1.54, 1.807) is 0 Å². The number of Topliss-reactive ketones (excluding diaryl/α,β-unsaturated/α-hetero) is 2. The van der Waals surface area contributed by atoms with Gasteiger partial charge >= 0.3 is 0 Å². The highest BCUT2D eigenvalue weighted by Gasteiger charge is 2.36. The van der Waals surface area contributed by atoms with Gasteiger partial charge in [-0.1, -0.05) is 0 Å². The molecule has 0 spiro atoms. The predicted octanol–water partition coefficient (Wildman–Crippen LogP) is -2.67. The van der Waals surface area contributed by atoms with Crippen molar-refractivity contribution >= 4 is 43.0 Å². The molecular formula is C18H20N4O10S2. The van der Waals surface area contributed by atoms with E-state index < -0.39 is 68.2 Å². The monoisotopic (exact) mass is 516 g/mol. The van der Waals surface area contributed by atoms with Gasteiger partial charge in [0.2, 0.25) is 20.0 Å². The van der Waals surface area contributed by atoms with Crippen LogP contribution in [0.15, 0.2) is 58.3 Å². The van der Waals surface area contributed by atoms with Gasteiger partial charge in [-0.05, 0) is 24.3 Å². The van der Waals surface area contributed by atoms with Crippen LogP contribution in [-0.4, -0.2) is 73.6 Å². The topological polar surface area (TPSA) is 204 Å². The fourth-order valence-corrected chi connectivity index (χ4v) is 5.99. The van der Waals surface area contributed by atoms with E-state index in [4.69, 9.17) is 10.4 Å². The average Bonchev–Trinajstić information content (AvgIpc) is 2.77. The van der Waals surface area contributed by atoms with Crippen LogP contribution in [0.4, 0.5) is 11.4 Å². The van der Waals surface area contributed by atoms with Crippen LogP contribution in [0.5, 0.6) is 0 Å². The second-order valence-corrected chi connectivity index (χ2v) is 11.2. The van der Waals surface area contributed by atoms with Crippen LogP contribution in [0.25, 0.3) is 0 Å². The van der Waals surface area contributed by atoms with Gasteiger partial charge in [0.15, 0.2) is 22.9 Å². The predicted molar refractivity (Wildman–Crippen MR) is 112 cm³/mol. The summed E-state index contributed by atoms with van der Waals surface area (Å²) in [7, 11) is -8.71. The van der Waals surface area contributed by atoms with E-state index in [2.05, 4.69) is 0 Å². The maximum Gasteiger partial charge on any atom is 0.243 e. The van der Waals surface area contributed by atoms with Gasteiger partial charge < -0.3 is 10.4 Å². The number of hydrogen-bond acceptors (Lipinski definition) is 10. The van der Waals surface area contributed by atoms with Gasteiger partial charge in [-0.15, -0.1) is 0 Å². The molecule has 2 aromatic carbocycles. The molecule has 1 aliphatic rings. The largest absolute Gasteiger partial charge is 0.595 e. The maximum atomic E-state index is 12.9. The second-order valence-electron chi connectivity index (χ2n) is 7.28. The Hall–Kier alpha value is -2.64. The van der Waals surface area contributed by atoms with Crippen molar-refractivity contribution in [1.82, 2.24) is 8.61 Å². The van der Waals surface area contributed by atoms with Crippen molar-refractivity contribution in [3.8, 4) is 0 Å². The van der Waals surface area contributed by atoms with Crippen molar-refractivity contribution in [1.29, 1.82) is 0 Å². The lowest BCUT2D eigenvalue weighted by molar-refractivity contribution is -0.991. The molecule has 1 saturated heterocycles. The van der Waals surface area contributed by atoms with Crippen LogP contribution < -0.4 is 10.5 Å². The molecule has 0 aliphatic carbocycles. The molecule has 3 rings (SSSR count). The molecule has 0 aromatic heterocycles. The molecule has 0 bridgehead atoms. The van der Waals surface area contributed by atoms with Crippen molar-refractivity contribution < 1.29 is 47.3 Å². The summed E-state index contributed by atoms with van der Waals surface area (Å²) in [6.45, 7) is -3.12. The van der Waals surface area contributed by atoms with Crippen molar-refractivity contribution in [3.05, 3.63) is 58.9 Å². The molecule has 2 atom stereocenters. The highest BCUT2D eigenvalue weighted by atomic mass is 32.2. The number of carbonyl (C=O) groups excluding carboxylic acids is 2. The minimum Gasteiger partial charge on any atom is -0.595 e. The summed E-state index contributed by atoms with van der Waals surface area (Å²) >= 11 is 0. The first kappa shape index (κ1) is 26.0. The highest BCUT2D eigenvalue weighted by molar-refractivity contribution is 7.89. The van der Waals surface area contributed by atoms with Gasteiger partial charge in [0, 0.05) is 24.3 Å². The van der Waals surface area contributed by atoms with E-state index in [9.17, 15) is 36.8 Å². The van der Waals surface area contributed by atoms with Gasteiger partial charge in [0.05, 0.1) is 36.0 Å². The van der Waals surface area contributed by atoms with Crippen LogP contribution in [-0.2, 0) is 29.6 Å². The Morgan fingerprint density at radius 3 is 1.12 bits per heavy atom. The summed E-state index contributed by atoms with van der Waals surface area (Å²) < 4.78 is 52.8. The molecule has 2 unspecified atom stereocenters. The number of nitrogens with one attached hydrogen (secondary N) is 2. The Kier molecular flexibility index (Phi) is 7.58. The molecule has 0 amide bonds. The summed E-state index contributed by atoms with van der Waals surface area (Å²) in [5, 5.41) is 37.3. The van der Waals surface area contributed by atoms with Crippen LogP contribution in [0.3, 0.4) is 0 Å². The second kappa shape index (κ2) is 9.92. The zero-order valence-corrected chi connectivity index (χ0v) is 19.0. The molecular weight excluding hydrogens is 496 g/mol. The van der Waals surface area contributed by atoms with E-state index in [0.717, 1.165) is 48.5 Å². The fraction of sp³-hybridized carbons (Fsp3) is 0.222. The van der Waals surface area contributed by atoms with Gasteiger partial charge in [0.25, 0.3) is 0 Å². The molecule has 0 radical (unpaired) electrons. The third kappa shape index (κ3) is 5.53. The Labute approximate surface area is 194 Å². The van der Waals surface area contributed by atoms with Gasteiger partial charge in [0.1, 0.15) is 0 Å². The SMILES string of the molecule is O=C1CN(S(=O)(=O)c2ccc([NH+]([O-])O)cc2)CC(=O)CN(S(=O)(=O)c2ccc([NH+]([O-])O)cc2)C1. The number of hydrogen-bond donors (Lipinski definition) is 4. The smallest absolute Gasteiger partial charge is 0.243 e. The molecule has 4 N–H and O–H groups in total. The molecule has 34 heavy (non-hydrogen) atoms. The minimum absolute atomic E-state index is 0.156. The lowest BCUT2D eigenvalue weighted by atomic mass is 10.3. The van der Waals surface area contributed by atoms with Crippen LogP contribution in [0.2, 0.25) is 0 Å². The normalized spacial score (nSPS) is 18.8. The van der Waals surface area contributed by atoms with Gasteiger partial charge in [-0.3, -0.25) is 9.59 Å². The Balaban J connectivity index is 1.82. The Bertz CT molecular complexity index is 1160. The molecule has 16 heteroatoms. The van der Waals surface area contributed by atoms with E-state index in [0.29, 0.717) is 8.61 Å². The van der Waals surface area contributed by atoms with Crippen molar-refractivity contribution in [3.63, 3.8) is 0 Å². The molecule has 0 saturated carbocycles. The van der Waals surface area contributed by atoms with Crippen LogP contribution in [0.1, 0.15) is 0 Å². The third-order valence-corrected chi connectivity index (χ3v) is 8.50. The number of nitrogens with zero attached hydrogens (tertiary/aromatic N) is 2. The third-order valence-electron chi connectivity index (χ3n) is 4.89. The van der Waals surface area contributed by atoms with E-state index in [1.165, 1.54) is 0 Å². The number of sulfonamides is 2. The first-order chi connectivity index (χ1) is 15.8. The molecule has 184 valence electrons. The zero-order chi connectivity index (χ0) is 25.3. The minimum atomic E-state index is -4.35. The van der Waals surface area contributed by atoms with Crippen LogP contribution >= 0.6 is 0 Å². The average molecular weight is 517 g/mol. The lowest BCUT2D eigenvalue weighted by Gasteiger charge is -2.28. The highest BCUT2D eigenvalue weighted by Crippen LogP contribution is 2.21. The first-order valence-electron chi connectivity index (χ1n) is 9.53. The number of ketones is 2. The Morgan fingerprint density at radius 2 is 0.882 bits per heavy atom. The molecule has 1 heterocycles. The van der Waals surface area contributed by atoms with Crippen molar-refractivity contribution in [2.45, 2.75) is 9.79 Å². The summed E-state index contributed by atoms with van der Waals surface area (Å²) in [6, 6.07) is 8.38. The van der Waals surface area contributed by atoms with E-state index in [1.807, 2.05) is 0 Å². The van der Waals surface area contributed by atoms with Gasteiger partial charge in [-0.2, -0.15) is 19.1 Å². The quantitative estimate of drug-likeness (QED) is 0.293. The number of rotatable bonds is 6. The Morgan fingerprint density at radius 1 is 0.618 bits per heavy atom. The van der Waals surface area contributed by atoms with Crippen LogP contribution in [0, 0.1) is 10.4 Å².